The van der Waals surface area contributed by atoms with Crippen LogP contribution in [0.15, 0.2) is 65.6 Å². The van der Waals surface area contributed by atoms with Crippen molar-refractivity contribution in [3.8, 4) is 0 Å². The minimum Gasteiger partial charge on any atom is -0.268 e. The number of hydrogen-bond acceptors (Lipinski definition) is 5. The van der Waals surface area contributed by atoms with Gasteiger partial charge in [0.15, 0.2) is 4.32 Å². The molecule has 1 aliphatic heterocycles. The number of benzene rings is 3. The zero-order valence-corrected chi connectivity index (χ0v) is 16.6. The van der Waals surface area contributed by atoms with Gasteiger partial charge in [0.05, 0.1) is 15.5 Å². The van der Waals surface area contributed by atoms with Crippen LogP contribution in [0.5, 0.6) is 0 Å². The Morgan fingerprint density at radius 2 is 1.86 bits per heavy atom. The molecule has 1 fully saturated rings. The van der Waals surface area contributed by atoms with Crippen LogP contribution in [0.4, 0.5) is 11.4 Å². The normalized spacial score (nSPS) is 15.6. The molecule has 0 spiro atoms. The molecular formula is C20H11ClN2O3S2. The van der Waals surface area contributed by atoms with Gasteiger partial charge in [-0.25, -0.2) is 0 Å². The molecule has 0 bridgehead atoms. The molecule has 0 aliphatic carbocycles. The maximum Gasteiger partial charge on any atom is 0.288 e. The quantitative estimate of drug-likeness (QED) is 0.229. The highest BCUT2D eigenvalue weighted by Crippen LogP contribution is 2.39. The first-order chi connectivity index (χ1) is 13.5. The van der Waals surface area contributed by atoms with Crippen molar-refractivity contribution in [2.75, 3.05) is 4.90 Å². The fraction of sp³-hybridized carbons (Fsp3) is 0. The van der Waals surface area contributed by atoms with Crippen LogP contribution in [0.2, 0.25) is 5.02 Å². The molecule has 138 valence electrons. The van der Waals surface area contributed by atoms with Gasteiger partial charge in [0.25, 0.3) is 11.6 Å². The topological polar surface area (TPSA) is 63.4 Å². The van der Waals surface area contributed by atoms with E-state index in [0.717, 1.165) is 22.5 Å². The highest BCUT2D eigenvalue weighted by atomic mass is 35.5. The molecule has 3 aromatic carbocycles. The number of rotatable bonds is 3. The molecule has 8 heteroatoms. The van der Waals surface area contributed by atoms with Crippen molar-refractivity contribution in [1.82, 2.24) is 0 Å². The second-order valence-electron chi connectivity index (χ2n) is 5.98. The van der Waals surface area contributed by atoms with Crippen LogP contribution in [0, 0.1) is 10.1 Å². The van der Waals surface area contributed by atoms with Crippen LogP contribution in [-0.2, 0) is 4.79 Å². The molecule has 0 unspecified atom stereocenters. The van der Waals surface area contributed by atoms with E-state index in [1.165, 1.54) is 17.0 Å². The molecule has 1 amide bonds. The SMILES string of the molecule is O=C1/C(=C\c2ccc(Cl)c([N+](=O)[O-])c2)SC(=S)N1c1cccc2ccccc12. The van der Waals surface area contributed by atoms with Gasteiger partial charge >= 0.3 is 0 Å². The van der Waals surface area contributed by atoms with E-state index in [4.69, 9.17) is 23.8 Å². The third kappa shape index (κ3) is 3.28. The van der Waals surface area contributed by atoms with Gasteiger partial charge in [0, 0.05) is 11.5 Å². The lowest BCUT2D eigenvalue weighted by atomic mass is 10.1. The summed E-state index contributed by atoms with van der Waals surface area (Å²) < 4.78 is 0.413. The Labute approximate surface area is 174 Å². The van der Waals surface area contributed by atoms with Crippen LogP contribution in [0.3, 0.4) is 0 Å². The Bertz CT molecular complexity index is 1190. The maximum absolute atomic E-state index is 13.0. The largest absolute Gasteiger partial charge is 0.288 e. The summed E-state index contributed by atoms with van der Waals surface area (Å²) in [5, 5.41) is 13.1. The molecule has 28 heavy (non-hydrogen) atoms. The lowest BCUT2D eigenvalue weighted by Crippen LogP contribution is -2.27. The van der Waals surface area contributed by atoms with E-state index in [-0.39, 0.29) is 16.6 Å². The minimum absolute atomic E-state index is 0.0467. The smallest absolute Gasteiger partial charge is 0.268 e. The van der Waals surface area contributed by atoms with Gasteiger partial charge < -0.3 is 0 Å². The number of thioether (sulfide) groups is 1. The predicted octanol–water partition coefficient (Wildman–Crippen LogP) is 5.81. The molecule has 0 N–H and O–H groups in total. The number of thiocarbonyl (C=S) groups is 1. The second-order valence-corrected chi connectivity index (χ2v) is 8.07. The number of carbonyl (C=O) groups is 1. The van der Waals surface area contributed by atoms with E-state index >= 15 is 0 Å². The monoisotopic (exact) mass is 426 g/mol. The molecule has 3 aromatic rings. The second kappa shape index (κ2) is 7.35. The molecular weight excluding hydrogens is 416 g/mol. The van der Waals surface area contributed by atoms with Gasteiger partial charge in [-0.05, 0) is 29.2 Å². The van der Waals surface area contributed by atoms with Gasteiger partial charge in [-0.15, -0.1) is 0 Å². The Kier molecular flexibility index (Phi) is 4.89. The van der Waals surface area contributed by atoms with E-state index in [9.17, 15) is 14.9 Å². The van der Waals surface area contributed by atoms with Crippen LogP contribution in [0.1, 0.15) is 5.56 Å². The number of nitro benzene ring substituents is 1. The number of fused-ring (bicyclic) bond motifs is 1. The summed E-state index contributed by atoms with van der Waals surface area (Å²) in [6, 6.07) is 17.9. The summed E-state index contributed by atoms with van der Waals surface area (Å²) in [5.74, 6) is -0.260. The highest BCUT2D eigenvalue weighted by Gasteiger charge is 2.34. The maximum atomic E-state index is 13.0. The van der Waals surface area contributed by atoms with Crippen LogP contribution in [-0.4, -0.2) is 15.2 Å². The van der Waals surface area contributed by atoms with Gasteiger partial charge in [0.1, 0.15) is 5.02 Å². The number of anilines is 1. The van der Waals surface area contributed by atoms with Crippen LogP contribution < -0.4 is 4.90 Å². The van der Waals surface area contributed by atoms with Crippen molar-refractivity contribution in [2.24, 2.45) is 0 Å². The van der Waals surface area contributed by atoms with Crippen molar-refractivity contribution in [3.63, 3.8) is 0 Å². The first-order valence-corrected chi connectivity index (χ1v) is 9.75. The standard InChI is InChI=1S/C20H11ClN2O3S2/c21-15-9-8-12(10-17(15)23(25)26)11-18-19(24)22(20(27)28-18)16-7-3-5-13-4-1-2-6-14(13)16/h1-11H/b18-11+. The summed E-state index contributed by atoms with van der Waals surface area (Å²) >= 11 is 12.5. The summed E-state index contributed by atoms with van der Waals surface area (Å²) in [4.78, 5) is 25.5. The first-order valence-electron chi connectivity index (χ1n) is 8.15. The van der Waals surface area contributed by atoms with E-state index in [2.05, 4.69) is 0 Å². The minimum atomic E-state index is -0.555. The summed E-state index contributed by atoms with van der Waals surface area (Å²) in [6.45, 7) is 0. The van der Waals surface area contributed by atoms with Gasteiger partial charge in [-0.3, -0.25) is 19.8 Å². The Morgan fingerprint density at radius 1 is 1.11 bits per heavy atom. The zero-order valence-electron chi connectivity index (χ0n) is 14.2. The van der Waals surface area contributed by atoms with Crippen molar-refractivity contribution in [2.45, 2.75) is 0 Å². The molecule has 1 aliphatic rings. The lowest BCUT2D eigenvalue weighted by molar-refractivity contribution is -0.384. The Balaban J connectivity index is 1.75. The molecule has 4 rings (SSSR count). The molecule has 0 aromatic heterocycles. The van der Waals surface area contributed by atoms with Gasteiger partial charge in [-0.1, -0.05) is 78.0 Å². The van der Waals surface area contributed by atoms with E-state index in [1.54, 1.807) is 12.1 Å². The number of carbonyl (C=O) groups excluding carboxylic acids is 1. The molecule has 0 atom stereocenters. The molecule has 5 nitrogen and oxygen atoms in total. The van der Waals surface area contributed by atoms with E-state index in [0.29, 0.717) is 20.5 Å². The van der Waals surface area contributed by atoms with Crippen molar-refractivity contribution >= 4 is 74.0 Å². The molecule has 0 radical (unpaired) electrons. The molecule has 1 saturated heterocycles. The van der Waals surface area contributed by atoms with Gasteiger partial charge in [-0.2, -0.15) is 0 Å². The number of hydrogen-bond donors (Lipinski definition) is 0. The fourth-order valence-corrected chi connectivity index (χ4v) is 4.46. The summed E-state index contributed by atoms with van der Waals surface area (Å²) in [7, 11) is 0. The Hall–Kier alpha value is -2.74. The number of nitrogens with zero attached hydrogens (tertiary/aromatic N) is 2. The van der Waals surface area contributed by atoms with E-state index in [1.807, 2.05) is 42.5 Å². The third-order valence-electron chi connectivity index (χ3n) is 4.27. The Morgan fingerprint density at radius 3 is 2.64 bits per heavy atom. The zero-order chi connectivity index (χ0) is 19.8. The van der Waals surface area contributed by atoms with E-state index < -0.39 is 4.92 Å². The summed E-state index contributed by atoms with van der Waals surface area (Å²) in [5.41, 5.74) is 1.01. The number of nitro groups is 1. The van der Waals surface area contributed by atoms with Gasteiger partial charge in [0.2, 0.25) is 0 Å². The average Bonchev–Trinajstić information content (AvgIpc) is 2.96. The molecule has 0 saturated carbocycles. The third-order valence-corrected chi connectivity index (χ3v) is 5.89. The first kappa shape index (κ1) is 18.6. The lowest BCUT2D eigenvalue weighted by Gasteiger charge is -2.17. The van der Waals surface area contributed by atoms with Crippen LogP contribution in [0.25, 0.3) is 16.8 Å². The van der Waals surface area contributed by atoms with Crippen molar-refractivity contribution in [3.05, 3.63) is 86.3 Å². The number of amides is 1. The fourth-order valence-electron chi connectivity index (χ4n) is 2.99. The predicted molar refractivity (Wildman–Crippen MR) is 118 cm³/mol. The molecule has 1 heterocycles. The highest BCUT2D eigenvalue weighted by molar-refractivity contribution is 8.27. The van der Waals surface area contributed by atoms with Crippen molar-refractivity contribution < 1.29 is 9.72 Å². The average molecular weight is 427 g/mol. The van der Waals surface area contributed by atoms with Crippen molar-refractivity contribution in [1.29, 1.82) is 0 Å². The van der Waals surface area contributed by atoms with Crippen LogP contribution >= 0.6 is 35.6 Å². The number of halogens is 1. The summed E-state index contributed by atoms with van der Waals surface area (Å²) in [6.07, 6.45) is 1.59.